The molecule has 4 nitrogen and oxygen atoms in total. The highest BCUT2D eigenvalue weighted by atomic mass is 16.4. The number of unbranched alkanes of at least 4 members (excludes halogenated alkanes) is 3. The van der Waals surface area contributed by atoms with Crippen LogP contribution in [0.15, 0.2) is 24.3 Å². The Balaban J connectivity index is 2.37. The first-order valence-corrected chi connectivity index (χ1v) is 10.2. The first-order valence-electron chi connectivity index (χ1n) is 10.2. The number of carbonyl (C=O) groups excluding carboxylic acids is 1. The van der Waals surface area contributed by atoms with Crippen molar-refractivity contribution in [1.82, 2.24) is 0 Å². The minimum absolute atomic E-state index is 0.0689. The molecule has 1 aliphatic carbocycles. The van der Waals surface area contributed by atoms with E-state index in [1.54, 1.807) is 6.08 Å². The average molecular weight is 365 g/mol. The molecule has 0 amide bonds. The Bertz CT molecular complexity index is 481. The molecule has 1 rings (SSSR count). The molecular weight excluding hydrogens is 328 g/mol. The fourth-order valence-corrected chi connectivity index (χ4v) is 3.78. The molecule has 0 aromatic carbocycles. The Morgan fingerprint density at radius 2 is 2.08 bits per heavy atom. The molecule has 0 aromatic rings. The molecule has 4 unspecified atom stereocenters. The van der Waals surface area contributed by atoms with Crippen LogP contribution < -0.4 is 0 Å². The fraction of sp³-hybridized carbons (Fsp3) is 0.727. The molecule has 0 aromatic heterocycles. The lowest BCUT2D eigenvalue weighted by Gasteiger charge is -2.17. The Morgan fingerprint density at radius 3 is 2.77 bits per heavy atom. The Morgan fingerprint density at radius 1 is 1.31 bits per heavy atom. The summed E-state index contributed by atoms with van der Waals surface area (Å²) in [5, 5.41) is 18.8. The number of hydrogen-bond acceptors (Lipinski definition) is 3. The lowest BCUT2D eigenvalue weighted by molar-refractivity contribution is -0.131. The van der Waals surface area contributed by atoms with Crippen molar-refractivity contribution in [2.75, 3.05) is 0 Å². The molecule has 0 saturated heterocycles. The lowest BCUT2D eigenvalue weighted by Crippen LogP contribution is -2.14. The molecule has 1 fully saturated rings. The minimum atomic E-state index is -0.913. The molecule has 26 heavy (non-hydrogen) atoms. The molecule has 0 radical (unpaired) electrons. The van der Waals surface area contributed by atoms with Crippen LogP contribution >= 0.6 is 0 Å². The van der Waals surface area contributed by atoms with E-state index in [9.17, 15) is 14.7 Å². The summed E-state index contributed by atoms with van der Waals surface area (Å²) in [7, 11) is 0. The molecule has 0 spiro atoms. The number of carboxylic acids is 1. The average Bonchev–Trinajstić information content (AvgIpc) is 2.94. The fourth-order valence-electron chi connectivity index (χ4n) is 3.78. The number of hydrogen-bond donors (Lipinski definition) is 2. The number of allylic oxidation sites excluding steroid dienone is 2. The topological polar surface area (TPSA) is 74.6 Å². The van der Waals surface area contributed by atoms with Crippen LogP contribution in [0, 0.1) is 17.8 Å². The number of aliphatic hydroxyl groups excluding tert-OH is 1. The van der Waals surface area contributed by atoms with Crippen molar-refractivity contribution in [3.63, 3.8) is 0 Å². The Hall–Kier alpha value is -1.42. The van der Waals surface area contributed by atoms with Gasteiger partial charge < -0.3 is 10.2 Å². The van der Waals surface area contributed by atoms with Crippen LogP contribution in [0.2, 0.25) is 0 Å². The summed E-state index contributed by atoms with van der Waals surface area (Å²) in [6.45, 7) is 4.37. The maximum absolute atomic E-state index is 12.1. The predicted molar refractivity (Wildman–Crippen MR) is 105 cm³/mol. The van der Waals surface area contributed by atoms with Gasteiger partial charge in [0, 0.05) is 18.4 Å². The summed E-state index contributed by atoms with van der Waals surface area (Å²) in [6.07, 6.45) is 15.7. The summed E-state index contributed by atoms with van der Waals surface area (Å²) < 4.78 is 0. The van der Waals surface area contributed by atoms with E-state index in [4.69, 9.17) is 5.11 Å². The maximum Gasteiger partial charge on any atom is 0.327 e. The zero-order valence-corrected chi connectivity index (χ0v) is 16.4. The predicted octanol–water partition coefficient (Wildman–Crippen LogP) is 4.92. The standard InChI is InChI=1S/C22H36O4/c1-3-4-9-17(2)16-19(23)14-12-18-13-15-21(24)20(18)10-7-5-6-8-11-22(25)26/h8,11-12,14,17-20,23H,3-7,9-10,13,15-16H2,1-2H3,(H,25,26)/b11-8+,14-12+. The van der Waals surface area contributed by atoms with E-state index < -0.39 is 12.1 Å². The number of Topliss-reactive ketones (excluding diaryl/α,β-unsaturated/α-hetero) is 1. The van der Waals surface area contributed by atoms with Crippen LogP contribution in [0.3, 0.4) is 0 Å². The molecule has 4 atom stereocenters. The lowest BCUT2D eigenvalue weighted by atomic mass is 9.89. The van der Waals surface area contributed by atoms with E-state index in [0.717, 1.165) is 44.9 Å². The molecule has 1 aliphatic rings. The van der Waals surface area contributed by atoms with Gasteiger partial charge in [-0.2, -0.15) is 0 Å². The van der Waals surface area contributed by atoms with Crippen LogP contribution in [-0.4, -0.2) is 28.1 Å². The highest BCUT2D eigenvalue weighted by Crippen LogP contribution is 2.34. The van der Waals surface area contributed by atoms with Gasteiger partial charge in [-0.3, -0.25) is 4.79 Å². The molecule has 0 bridgehead atoms. The number of rotatable bonds is 13. The van der Waals surface area contributed by atoms with Gasteiger partial charge in [0.25, 0.3) is 0 Å². The van der Waals surface area contributed by atoms with Gasteiger partial charge in [0.1, 0.15) is 5.78 Å². The molecule has 0 aliphatic heterocycles. The summed E-state index contributed by atoms with van der Waals surface area (Å²) in [5.41, 5.74) is 0. The van der Waals surface area contributed by atoms with Crippen molar-refractivity contribution >= 4 is 11.8 Å². The van der Waals surface area contributed by atoms with Gasteiger partial charge in [-0.15, -0.1) is 0 Å². The van der Waals surface area contributed by atoms with E-state index in [-0.39, 0.29) is 11.8 Å². The Kier molecular flexibility index (Phi) is 11.2. The second-order valence-corrected chi connectivity index (χ2v) is 7.74. The maximum atomic E-state index is 12.1. The highest BCUT2D eigenvalue weighted by molar-refractivity contribution is 5.83. The van der Waals surface area contributed by atoms with Gasteiger partial charge in [0.2, 0.25) is 0 Å². The normalized spacial score (nSPS) is 23.1. The third-order valence-corrected chi connectivity index (χ3v) is 5.33. The Labute approximate surface area is 158 Å². The zero-order chi connectivity index (χ0) is 19.4. The van der Waals surface area contributed by atoms with E-state index in [2.05, 4.69) is 19.9 Å². The van der Waals surface area contributed by atoms with Crippen molar-refractivity contribution in [3.8, 4) is 0 Å². The molecule has 148 valence electrons. The van der Waals surface area contributed by atoms with Crippen molar-refractivity contribution < 1.29 is 19.8 Å². The van der Waals surface area contributed by atoms with E-state index in [1.165, 1.54) is 18.9 Å². The molecule has 4 heteroatoms. The van der Waals surface area contributed by atoms with Crippen molar-refractivity contribution in [2.45, 2.75) is 84.2 Å². The third kappa shape index (κ3) is 9.33. The van der Waals surface area contributed by atoms with E-state index in [0.29, 0.717) is 18.1 Å². The quantitative estimate of drug-likeness (QED) is 0.276. The number of aliphatic carboxylic acids is 1. The van der Waals surface area contributed by atoms with Crippen LogP contribution in [0.25, 0.3) is 0 Å². The smallest absolute Gasteiger partial charge is 0.327 e. The highest BCUT2D eigenvalue weighted by Gasteiger charge is 2.32. The SMILES string of the molecule is CCCCC(C)CC(O)/C=C/C1CCC(=O)C1CCCC/C=C/C(=O)O. The van der Waals surface area contributed by atoms with Crippen molar-refractivity contribution in [3.05, 3.63) is 24.3 Å². The second-order valence-electron chi connectivity index (χ2n) is 7.74. The van der Waals surface area contributed by atoms with Crippen molar-refractivity contribution in [1.29, 1.82) is 0 Å². The zero-order valence-electron chi connectivity index (χ0n) is 16.4. The van der Waals surface area contributed by atoms with Crippen LogP contribution in [0.1, 0.15) is 78.1 Å². The van der Waals surface area contributed by atoms with Gasteiger partial charge in [0.15, 0.2) is 0 Å². The summed E-state index contributed by atoms with van der Waals surface area (Å²) in [6, 6.07) is 0. The van der Waals surface area contributed by atoms with Gasteiger partial charge in [-0.05, 0) is 43.9 Å². The molecule has 2 N–H and O–H groups in total. The third-order valence-electron chi connectivity index (χ3n) is 5.33. The summed E-state index contributed by atoms with van der Waals surface area (Å²) in [4.78, 5) is 22.6. The summed E-state index contributed by atoms with van der Waals surface area (Å²) >= 11 is 0. The van der Waals surface area contributed by atoms with Gasteiger partial charge in [0.05, 0.1) is 6.10 Å². The summed E-state index contributed by atoms with van der Waals surface area (Å²) in [5.74, 6) is 0.266. The number of aliphatic hydroxyl groups is 1. The van der Waals surface area contributed by atoms with E-state index >= 15 is 0 Å². The van der Waals surface area contributed by atoms with Gasteiger partial charge >= 0.3 is 5.97 Å². The van der Waals surface area contributed by atoms with Crippen LogP contribution in [0.4, 0.5) is 0 Å². The monoisotopic (exact) mass is 364 g/mol. The number of ketones is 1. The first-order chi connectivity index (χ1) is 12.4. The molecule has 1 saturated carbocycles. The first kappa shape index (κ1) is 22.6. The second kappa shape index (κ2) is 12.9. The number of carbonyl (C=O) groups is 2. The van der Waals surface area contributed by atoms with Crippen molar-refractivity contribution in [2.24, 2.45) is 17.8 Å². The van der Waals surface area contributed by atoms with E-state index in [1.807, 2.05) is 6.08 Å². The molecular formula is C22H36O4. The van der Waals surface area contributed by atoms with Crippen LogP contribution in [-0.2, 0) is 9.59 Å². The van der Waals surface area contributed by atoms with Gasteiger partial charge in [-0.25, -0.2) is 4.79 Å². The minimum Gasteiger partial charge on any atom is -0.478 e. The van der Waals surface area contributed by atoms with Gasteiger partial charge in [-0.1, -0.05) is 57.8 Å². The van der Waals surface area contributed by atoms with Crippen LogP contribution in [0.5, 0.6) is 0 Å². The number of carboxylic acid groups (broad SMARTS) is 1. The molecule has 0 heterocycles. The largest absolute Gasteiger partial charge is 0.478 e.